The van der Waals surface area contributed by atoms with Gasteiger partial charge in [0.25, 0.3) is 0 Å². The molecular formula is C13H24O. The van der Waals surface area contributed by atoms with E-state index in [1.807, 2.05) is 0 Å². The Hall–Kier alpha value is -0.0400. The van der Waals surface area contributed by atoms with E-state index in [-0.39, 0.29) is 0 Å². The van der Waals surface area contributed by atoms with Crippen LogP contribution in [-0.4, -0.2) is 12.7 Å². The summed E-state index contributed by atoms with van der Waals surface area (Å²) < 4.78 is 5.89. The van der Waals surface area contributed by atoms with Crippen molar-refractivity contribution in [1.29, 1.82) is 0 Å². The van der Waals surface area contributed by atoms with Crippen LogP contribution in [0.5, 0.6) is 0 Å². The Morgan fingerprint density at radius 1 is 0.929 bits per heavy atom. The minimum Gasteiger partial charge on any atom is -0.378 e. The van der Waals surface area contributed by atoms with Crippen molar-refractivity contribution < 1.29 is 4.74 Å². The molecular weight excluding hydrogens is 172 g/mol. The van der Waals surface area contributed by atoms with Gasteiger partial charge in [-0.1, -0.05) is 39.0 Å². The van der Waals surface area contributed by atoms with E-state index in [1.54, 1.807) is 0 Å². The van der Waals surface area contributed by atoms with Gasteiger partial charge in [-0.2, -0.15) is 0 Å². The number of rotatable bonds is 2. The lowest BCUT2D eigenvalue weighted by atomic mass is 9.77. The standard InChI is InChI=1S/C13H24O/c1-11(12-7-3-2-4-8-12)13-9-5-6-10-14-13/h11-13H,2-10H2,1H3. The molecule has 0 aromatic heterocycles. The van der Waals surface area contributed by atoms with Gasteiger partial charge in [-0.15, -0.1) is 0 Å². The quantitative estimate of drug-likeness (QED) is 0.653. The molecule has 0 bridgehead atoms. The molecule has 0 N–H and O–H groups in total. The molecule has 1 saturated heterocycles. The summed E-state index contributed by atoms with van der Waals surface area (Å²) in [5.41, 5.74) is 0. The normalized spacial score (nSPS) is 32.8. The molecule has 0 aromatic rings. The molecule has 1 heterocycles. The number of ether oxygens (including phenoxy) is 1. The fourth-order valence-corrected chi connectivity index (χ4v) is 3.14. The van der Waals surface area contributed by atoms with E-state index in [2.05, 4.69) is 6.92 Å². The Morgan fingerprint density at radius 2 is 1.64 bits per heavy atom. The molecule has 2 rings (SSSR count). The fourth-order valence-electron chi connectivity index (χ4n) is 3.14. The highest BCUT2D eigenvalue weighted by Crippen LogP contribution is 2.34. The van der Waals surface area contributed by atoms with E-state index in [0.29, 0.717) is 6.10 Å². The van der Waals surface area contributed by atoms with Crippen LogP contribution in [0, 0.1) is 11.8 Å². The Balaban J connectivity index is 1.82. The first-order valence-corrected chi connectivity index (χ1v) is 6.49. The zero-order valence-corrected chi connectivity index (χ0v) is 9.50. The van der Waals surface area contributed by atoms with E-state index in [0.717, 1.165) is 18.4 Å². The monoisotopic (exact) mass is 196 g/mol. The Labute approximate surface area is 88.2 Å². The maximum atomic E-state index is 5.89. The third-order valence-corrected chi connectivity index (χ3v) is 4.19. The number of hydrogen-bond donors (Lipinski definition) is 0. The van der Waals surface area contributed by atoms with Crippen molar-refractivity contribution in [3.8, 4) is 0 Å². The van der Waals surface area contributed by atoms with Gasteiger partial charge in [-0.25, -0.2) is 0 Å². The Kier molecular flexibility index (Phi) is 3.86. The third kappa shape index (κ3) is 2.50. The third-order valence-electron chi connectivity index (χ3n) is 4.19. The average molecular weight is 196 g/mol. The van der Waals surface area contributed by atoms with Gasteiger partial charge in [-0.05, 0) is 31.1 Å². The van der Waals surface area contributed by atoms with Gasteiger partial charge in [0.1, 0.15) is 0 Å². The first kappa shape index (κ1) is 10.5. The predicted molar refractivity (Wildman–Crippen MR) is 59.3 cm³/mol. The van der Waals surface area contributed by atoms with E-state index in [9.17, 15) is 0 Å². The van der Waals surface area contributed by atoms with E-state index in [1.165, 1.54) is 51.4 Å². The Morgan fingerprint density at radius 3 is 2.29 bits per heavy atom. The van der Waals surface area contributed by atoms with Crippen molar-refractivity contribution in [2.24, 2.45) is 11.8 Å². The van der Waals surface area contributed by atoms with Gasteiger partial charge in [0.05, 0.1) is 6.10 Å². The van der Waals surface area contributed by atoms with Crippen LogP contribution in [0.4, 0.5) is 0 Å². The predicted octanol–water partition coefficient (Wildman–Crippen LogP) is 3.77. The summed E-state index contributed by atoms with van der Waals surface area (Å²) in [4.78, 5) is 0. The van der Waals surface area contributed by atoms with Crippen LogP contribution in [0.2, 0.25) is 0 Å². The summed E-state index contributed by atoms with van der Waals surface area (Å²) in [5, 5.41) is 0. The molecule has 2 unspecified atom stereocenters. The maximum Gasteiger partial charge on any atom is 0.0603 e. The molecule has 0 spiro atoms. The first-order chi connectivity index (χ1) is 6.88. The van der Waals surface area contributed by atoms with E-state index < -0.39 is 0 Å². The van der Waals surface area contributed by atoms with Crippen LogP contribution < -0.4 is 0 Å². The number of hydrogen-bond acceptors (Lipinski definition) is 1. The van der Waals surface area contributed by atoms with Gasteiger partial charge in [-0.3, -0.25) is 0 Å². The summed E-state index contributed by atoms with van der Waals surface area (Å²) in [5.74, 6) is 1.78. The summed E-state index contributed by atoms with van der Waals surface area (Å²) in [6.45, 7) is 3.44. The van der Waals surface area contributed by atoms with Crippen LogP contribution in [0.1, 0.15) is 58.3 Å². The van der Waals surface area contributed by atoms with Gasteiger partial charge in [0.15, 0.2) is 0 Å². The molecule has 0 amide bonds. The molecule has 2 fully saturated rings. The van der Waals surface area contributed by atoms with Crippen molar-refractivity contribution in [3.05, 3.63) is 0 Å². The lowest BCUT2D eigenvalue weighted by Gasteiger charge is -2.35. The molecule has 14 heavy (non-hydrogen) atoms. The minimum atomic E-state index is 0.590. The Bertz CT molecular complexity index is 137. The molecule has 2 aliphatic rings. The molecule has 0 aromatic carbocycles. The van der Waals surface area contributed by atoms with Crippen molar-refractivity contribution in [1.82, 2.24) is 0 Å². The molecule has 1 saturated carbocycles. The zero-order valence-electron chi connectivity index (χ0n) is 9.50. The van der Waals surface area contributed by atoms with Gasteiger partial charge in [0.2, 0.25) is 0 Å². The average Bonchev–Trinajstić information content (AvgIpc) is 2.30. The lowest BCUT2D eigenvalue weighted by molar-refractivity contribution is -0.0365. The highest BCUT2D eigenvalue weighted by Gasteiger charge is 2.28. The topological polar surface area (TPSA) is 9.23 Å². The fraction of sp³-hybridized carbons (Fsp3) is 1.00. The molecule has 82 valence electrons. The second-order valence-corrected chi connectivity index (χ2v) is 5.16. The molecule has 1 aliphatic carbocycles. The second-order valence-electron chi connectivity index (χ2n) is 5.16. The first-order valence-electron chi connectivity index (χ1n) is 6.49. The summed E-state index contributed by atoms with van der Waals surface area (Å²) in [6, 6.07) is 0. The molecule has 1 aliphatic heterocycles. The smallest absolute Gasteiger partial charge is 0.0603 e. The molecule has 1 nitrogen and oxygen atoms in total. The van der Waals surface area contributed by atoms with Crippen LogP contribution in [0.25, 0.3) is 0 Å². The summed E-state index contributed by atoms with van der Waals surface area (Å²) >= 11 is 0. The second kappa shape index (κ2) is 5.16. The van der Waals surface area contributed by atoms with Crippen molar-refractivity contribution in [2.75, 3.05) is 6.61 Å². The SMILES string of the molecule is CC(C1CCCCC1)C1CCCCO1. The molecule has 1 heteroatoms. The summed E-state index contributed by atoms with van der Waals surface area (Å²) in [6.07, 6.45) is 11.9. The minimum absolute atomic E-state index is 0.590. The van der Waals surface area contributed by atoms with Crippen LogP contribution in [0.3, 0.4) is 0 Å². The van der Waals surface area contributed by atoms with Crippen LogP contribution >= 0.6 is 0 Å². The van der Waals surface area contributed by atoms with Crippen molar-refractivity contribution in [2.45, 2.75) is 64.4 Å². The van der Waals surface area contributed by atoms with Crippen LogP contribution in [-0.2, 0) is 4.74 Å². The largest absolute Gasteiger partial charge is 0.378 e. The lowest BCUT2D eigenvalue weighted by Crippen LogP contribution is -2.32. The zero-order chi connectivity index (χ0) is 9.80. The van der Waals surface area contributed by atoms with E-state index in [4.69, 9.17) is 4.74 Å². The van der Waals surface area contributed by atoms with Gasteiger partial charge >= 0.3 is 0 Å². The van der Waals surface area contributed by atoms with Crippen molar-refractivity contribution >= 4 is 0 Å². The molecule has 0 radical (unpaired) electrons. The maximum absolute atomic E-state index is 5.89. The van der Waals surface area contributed by atoms with Crippen LogP contribution in [0.15, 0.2) is 0 Å². The van der Waals surface area contributed by atoms with Gasteiger partial charge in [0, 0.05) is 6.61 Å². The molecule has 2 atom stereocenters. The summed E-state index contributed by atoms with van der Waals surface area (Å²) in [7, 11) is 0. The van der Waals surface area contributed by atoms with Gasteiger partial charge < -0.3 is 4.74 Å². The highest BCUT2D eigenvalue weighted by atomic mass is 16.5. The van der Waals surface area contributed by atoms with Crippen molar-refractivity contribution in [3.63, 3.8) is 0 Å². The highest BCUT2D eigenvalue weighted by molar-refractivity contribution is 4.78. The van der Waals surface area contributed by atoms with E-state index >= 15 is 0 Å².